The number of aliphatic hydroxyl groups excluding tert-OH is 1. The van der Waals surface area contributed by atoms with E-state index >= 15 is 0 Å². The lowest BCUT2D eigenvalue weighted by Crippen LogP contribution is -2.37. The normalized spacial score (nSPS) is 13.6. The van der Waals surface area contributed by atoms with Crippen LogP contribution in [-0.4, -0.2) is 37.4 Å². The molecular formula is C16H25NO4. The van der Waals surface area contributed by atoms with E-state index in [1.165, 1.54) is 0 Å². The second kappa shape index (κ2) is 8.64. The van der Waals surface area contributed by atoms with Crippen molar-refractivity contribution in [2.45, 2.75) is 39.4 Å². The predicted molar refractivity (Wildman–Crippen MR) is 81.4 cm³/mol. The molecule has 0 fully saturated rings. The number of benzene rings is 1. The van der Waals surface area contributed by atoms with Crippen molar-refractivity contribution >= 4 is 5.91 Å². The molecule has 0 spiro atoms. The maximum Gasteiger partial charge on any atom is 0.260 e. The SMILES string of the molecule is COCCCNC(=O)C(C)Oc1cc(C)ccc1C(C)O. The van der Waals surface area contributed by atoms with Crippen LogP contribution in [-0.2, 0) is 9.53 Å². The zero-order valence-corrected chi connectivity index (χ0v) is 13.2. The highest BCUT2D eigenvalue weighted by Gasteiger charge is 2.17. The number of amides is 1. The molecule has 1 aromatic carbocycles. The highest BCUT2D eigenvalue weighted by atomic mass is 16.5. The number of hydrogen-bond donors (Lipinski definition) is 2. The Kier molecular flexibility index (Phi) is 7.19. The van der Waals surface area contributed by atoms with Gasteiger partial charge in [-0.25, -0.2) is 0 Å². The van der Waals surface area contributed by atoms with E-state index in [1.54, 1.807) is 21.0 Å². The Balaban J connectivity index is 2.63. The number of ether oxygens (including phenoxy) is 2. The van der Waals surface area contributed by atoms with Crippen molar-refractivity contribution < 1.29 is 19.4 Å². The van der Waals surface area contributed by atoms with Gasteiger partial charge in [-0.3, -0.25) is 4.79 Å². The summed E-state index contributed by atoms with van der Waals surface area (Å²) in [5.41, 5.74) is 1.70. The fourth-order valence-electron chi connectivity index (χ4n) is 1.90. The Hall–Kier alpha value is -1.59. The second-order valence-electron chi connectivity index (χ2n) is 5.11. The lowest BCUT2D eigenvalue weighted by molar-refractivity contribution is -0.127. The van der Waals surface area contributed by atoms with Crippen LogP contribution in [0.2, 0.25) is 0 Å². The molecule has 118 valence electrons. The van der Waals surface area contributed by atoms with Gasteiger partial charge in [0.2, 0.25) is 0 Å². The van der Waals surface area contributed by atoms with Crippen LogP contribution in [0.5, 0.6) is 5.75 Å². The fourth-order valence-corrected chi connectivity index (χ4v) is 1.90. The first-order valence-electron chi connectivity index (χ1n) is 7.17. The van der Waals surface area contributed by atoms with Crippen molar-refractivity contribution in [2.24, 2.45) is 0 Å². The van der Waals surface area contributed by atoms with Crippen LogP contribution in [0.15, 0.2) is 18.2 Å². The van der Waals surface area contributed by atoms with Crippen LogP contribution < -0.4 is 10.1 Å². The third kappa shape index (κ3) is 5.73. The van der Waals surface area contributed by atoms with Crippen molar-refractivity contribution in [1.82, 2.24) is 5.32 Å². The van der Waals surface area contributed by atoms with Gasteiger partial charge in [-0.1, -0.05) is 12.1 Å². The molecule has 1 rings (SSSR count). The van der Waals surface area contributed by atoms with Crippen LogP contribution in [0.3, 0.4) is 0 Å². The van der Waals surface area contributed by atoms with Gasteiger partial charge in [0.1, 0.15) is 5.75 Å². The van der Waals surface area contributed by atoms with E-state index < -0.39 is 12.2 Å². The van der Waals surface area contributed by atoms with Gasteiger partial charge < -0.3 is 19.9 Å². The number of aliphatic hydroxyl groups is 1. The lowest BCUT2D eigenvalue weighted by Gasteiger charge is -2.19. The number of methoxy groups -OCH3 is 1. The molecule has 2 N–H and O–H groups in total. The Bertz CT molecular complexity index is 460. The first-order chi connectivity index (χ1) is 9.95. The molecule has 0 heterocycles. The van der Waals surface area contributed by atoms with E-state index in [9.17, 15) is 9.90 Å². The van der Waals surface area contributed by atoms with Gasteiger partial charge >= 0.3 is 0 Å². The van der Waals surface area contributed by atoms with Crippen LogP contribution >= 0.6 is 0 Å². The van der Waals surface area contributed by atoms with Crippen LogP contribution in [0.1, 0.15) is 37.5 Å². The fraction of sp³-hybridized carbons (Fsp3) is 0.562. The molecule has 0 aliphatic rings. The first-order valence-corrected chi connectivity index (χ1v) is 7.17. The lowest BCUT2D eigenvalue weighted by atomic mass is 10.1. The summed E-state index contributed by atoms with van der Waals surface area (Å²) in [6.45, 7) is 6.47. The van der Waals surface area contributed by atoms with Gasteiger partial charge in [-0.2, -0.15) is 0 Å². The van der Waals surface area contributed by atoms with E-state index in [1.807, 2.05) is 25.1 Å². The molecule has 1 amide bonds. The minimum atomic E-state index is -0.641. The monoisotopic (exact) mass is 295 g/mol. The summed E-state index contributed by atoms with van der Waals surface area (Å²) < 4.78 is 10.6. The summed E-state index contributed by atoms with van der Waals surface area (Å²) in [7, 11) is 1.63. The molecule has 5 nitrogen and oxygen atoms in total. The number of rotatable bonds is 8. The zero-order valence-electron chi connectivity index (χ0n) is 13.2. The van der Waals surface area contributed by atoms with Crippen molar-refractivity contribution in [3.8, 4) is 5.75 Å². The molecule has 0 aliphatic carbocycles. The number of carbonyl (C=O) groups excluding carboxylic acids is 1. The average molecular weight is 295 g/mol. The first kappa shape index (κ1) is 17.5. The predicted octanol–water partition coefficient (Wildman–Crippen LogP) is 1.97. The van der Waals surface area contributed by atoms with Gasteiger partial charge in [0.15, 0.2) is 6.10 Å². The van der Waals surface area contributed by atoms with E-state index in [0.717, 1.165) is 12.0 Å². The molecule has 5 heteroatoms. The van der Waals surface area contributed by atoms with Gasteiger partial charge in [0, 0.05) is 25.8 Å². The Morgan fingerprint density at radius 1 is 1.38 bits per heavy atom. The maximum absolute atomic E-state index is 11.9. The zero-order chi connectivity index (χ0) is 15.8. The van der Waals surface area contributed by atoms with Crippen molar-refractivity contribution in [2.75, 3.05) is 20.3 Å². The number of carbonyl (C=O) groups is 1. The van der Waals surface area contributed by atoms with Gasteiger partial charge in [0.25, 0.3) is 5.91 Å². The van der Waals surface area contributed by atoms with E-state index in [-0.39, 0.29) is 5.91 Å². The van der Waals surface area contributed by atoms with Crippen molar-refractivity contribution in [3.63, 3.8) is 0 Å². The second-order valence-corrected chi connectivity index (χ2v) is 5.11. The van der Waals surface area contributed by atoms with Crippen molar-refractivity contribution in [3.05, 3.63) is 29.3 Å². The molecule has 0 aromatic heterocycles. The molecule has 0 saturated carbocycles. The Labute approximate surface area is 126 Å². The highest BCUT2D eigenvalue weighted by Crippen LogP contribution is 2.27. The average Bonchev–Trinajstić information content (AvgIpc) is 2.43. The molecular weight excluding hydrogens is 270 g/mol. The number of aryl methyl sites for hydroxylation is 1. The summed E-state index contributed by atoms with van der Waals surface area (Å²) in [4.78, 5) is 11.9. The smallest absolute Gasteiger partial charge is 0.260 e. The molecule has 21 heavy (non-hydrogen) atoms. The molecule has 2 atom stereocenters. The minimum Gasteiger partial charge on any atom is -0.481 e. The van der Waals surface area contributed by atoms with Crippen LogP contribution in [0.4, 0.5) is 0 Å². The molecule has 0 aliphatic heterocycles. The van der Waals surface area contributed by atoms with Crippen LogP contribution in [0, 0.1) is 6.92 Å². The molecule has 0 saturated heterocycles. The third-order valence-electron chi connectivity index (χ3n) is 3.12. The summed E-state index contributed by atoms with van der Waals surface area (Å²) in [6.07, 6.45) is -0.498. The molecule has 0 bridgehead atoms. The largest absolute Gasteiger partial charge is 0.481 e. The molecule has 0 radical (unpaired) electrons. The van der Waals surface area contributed by atoms with Gasteiger partial charge in [0.05, 0.1) is 6.10 Å². The van der Waals surface area contributed by atoms with Gasteiger partial charge in [-0.15, -0.1) is 0 Å². The summed E-state index contributed by atoms with van der Waals surface area (Å²) in [5, 5.41) is 12.5. The topological polar surface area (TPSA) is 67.8 Å². The minimum absolute atomic E-state index is 0.177. The Morgan fingerprint density at radius 3 is 2.71 bits per heavy atom. The highest BCUT2D eigenvalue weighted by molar-refractivity contribution is 5.80. The maximum atomic E-state index is 11.9. The van der Waals surface area contributed by atoms with E-state index in [4.69, 9.17) is 9.47 Å². The molecule has 1 aromatic rings. The van der Waals surface area contributed by atoms with E-state index in [0.29, 0.717) is 24.5 Å². The summed E-state index contributed by atoms with van der Waals surface area (Å²) in [6, 6.07) is 5.56. The standard InChI is InChI=1S/C16H25NO4/c1-11-6-7-14(12(2)18)15(10-11)21-13(3)16(19)17-8-5-9-20-4/h6-7,10,12-13,18H,5,8-9H2,1-4H3,(H,17,19). The third-order valence-corrected chi connectivity index (χ3v) is 3.12. The molecule has 2 unspecified atom stereocenters. The number of hydrogen-bond acceptors (Lipinski definition) is 4. The number of nitrogens with one attached hydrogen (secondary N) is 1. The Morgan fingerprint density at radius 2 is 2.10 bits per heavy atom. The van der Waals surface area contributed by atoms with Crippen LogP contribution in [0.25, 0.3) is 0 Å². The quantitative estimate of drug-likeness (QED) is 0.720. The van der Waals surface area contributed by atoms with Gasteiger partial charge in [-0.05, 0) is 38.8 Å². The van der Waals surface area contributed by atoms with E-state index in [2.05, 4.69) is 5.32 Å². The summed E-state index contributed by atoms with van der Waals surface area (Å²) in [5.74, 6) is 0.369. The summed E-state index contributed by atoms with van der Waals surface area (Å²) >= 11 is 0. The van der Waals surface area contributed by atoms with Crippen molar-refractivity contribution in [1.29, 1.82) is 0 Å².